The molecular formula is C21H31N5O. The van der Waals surface area contributed by atoms with Gasteiger partial charge >= 0.3 is 0 Å². The lowest BCUT2D eigenvalue weighted by Crippen LogP contribution is -2.38. The fourth-order valence-corrected chi connectivity index (χ4v) is 4.63. The molecule has 2 saturated carbocycles. The third-order valence-corrected chi connectivity index (χ3v) is 6.29. The third-order valence-electron chi connectivity index (χ3n) is 6.29. The van der Waals surface area contributed by atoms with E-state index < -0.39 is 0 Å². The number of amides is 1. The number of nitrogens with one attached hydrogen (secondary N) is 1. The van der Waals surface area contributed by atoms with E-state index in [1.807, 2.05) is 31.1 Å². The maximum absolute atomic E-state index is 13.1. The van der Waals surface area contributed by atoms with Gasteiger partial charge in [-0.3, -0.25) is 4.79 Å². The fraction of sp³-hybridized carbons (Fsp3) is 0.667. The van der Waals surface area contributed by atoms with Crippen molar-refractivity contribution in [3.63, 3.8) is 0 Å². The first kappa shape index (κ1) is 18.3. The van der Waals surface area contributed by atoms with Crippen molar-refractivity contribution in [2.45, 2.75) is 76.3 Å². The SMILES string of the molecule is CN(C(=O)c1nn(C)c2nc(NC3CCCCC3)ccc12)C1CCCCC1. The Morgan fingerprint density at radius 1 is 1.07 bits per heavy atom. The van der Waals surface area contributed by atoms with Crippen LogP contribution in [0.3, 0.4) is 0 Å². The van der Waals surface area contributed by atoms with Crippen LogP contribution in [-0.2, 0) is 7.05 Å². The molecule has 0 unspecified atom stereocenters. The van der Waals surface area contributed by atoms with Gasteiger partial charge in [0.05, 0.1) is 5.39 Å². The summed E-state index contributed by atoms with van der Waals surface area (Å²) in [4.78, 5) is 19.7. The van der Waals surface area contributed by atoms with Gasteiger partial charge in [-0.1, -0.05) is 38.5 Å². The number of hydrogen-bond acceptors (Lipinski definition) is 4. The van der Waals surface area contributed by atoms with Crippen LogP contribution in [0.1, 0.15) is 74.7 Å². The van der Waals surface area contributed by atoms with Crippen LogP contribution < -0.4 is 5.32 Å². The molecule has 2 aromatic rings. The Bertz CT molecular complexity index is 802. The molecule has 0 spiro atoms. The molecule has 1 amide bonds. The van der Waals surface area contributed by atoms with Crippen molar-refractivity contribution in [2.75, 3.05) is 12.4 Å². The molecular weight excluding hydrogens is 338 g/mol. The summed E-state index contributed by atoms with van der Waals surface area (Å²) in [6.45, 7) is 0. The van der Waals surface area contributed by atoms with Gasteiger partial charge in [-0.2, -0.15) is 5.10 Å². The molecule has 6 heteroatoms. The van der Waals surface area contributed by atoms with E-state index in [2.05, 4.69) is 10.4 Å². The zero-order valence-corrected chi connectivity index (χ0v) is 16.6. The number of hydrogen-bond donors (Lipinski definition) is 1. The average Bonchev–Trinajstić information content (AvgIpc) is 3.04. The number of aryl methyl sites for hydroxylation is 1. The molecule has 2 aliphatic carbocycles. The molecule has 0 aliphatic heterocycles. The van der Waals surface area contributed by atoms with Crippen molar-refractivity contribution in [1.82, 2.24) is 19.7 Å². The van der Waals surface area contributed by atoms with Gasteiger partial charge < -0.3 is 10.2 Å². The third kappa shape index (κ3) is 3.80. The molecule has 0 aromatic carbocycles. The molecule has 1 N–H and O–H groups in total. The number of carbonyl (C=O) groups is 1. The molecule has 0 radical (unpaired) electrons. The van der Waals surface area contributed by atoms with Crippen LogP contribution in [-0.4, -0.2) is 44.7 Å². The average molecular weight is 370 g/mol. The van der Waals surface area contributed by atoms with Crippen LogP contribution in [0.4, 0.5) is 5.82 Å². The maximum Gasteiger partial charge on any atom is 0.275 e. The summed E-state index contributed by atoms with van der Waals surface area (Å²) in [6, 6.07) is 4.84. The summed E-state index contributed by atoms with van der Waals surface area (Å²) >= 11 is 0. The highest BCUT2D eigenvalue weighted by Crippen LogP contribution is 2.26. The van der Waals surface area contributed by atoms with E-state index >= 15 is 0 Å². The normalized spacial score (nSPS) is 19.3. The summed E-state index contributed by atoms with van der Waals surface area (Å²) in [6.07, 6.45) is 12.2. The fourth-order valence-electron chi connectivity index (χ4n) is 4.63. The van der Waals surface area contributed by atoms with Crippen molar-refractivity contribution < 1.29 is 4.79 Å². The van der Waals surface area contributed by atoms with Crippen molar-refractivity contribution in [3.05, 3.63) is 17.8 Å². The standard InChI is InChI=1S/C21H31N5O/c1-25(16-11-7-4-8-12-16)21(27)19-17-13-14-18(23-20(17)26(2)24-19)22-15-9-5-3-6-10-15/h13-16H,3-12H2,1-2H3,(H,22,23). The molecule has 2 heterocycles. The molecule has 4 rings (SSSR count). The molecule has 0 atom stereocenters. The second kappa shape index (κ2) is 7.87. The zero-order chi connectivity index (χ0) is 18.8. The van der Waals surface area contributed by atoms with Gasteiger partial charge in [0.15, 0.2) is 11.3 Å². The molecule has 6 nitrogen and oxygen atoms in total. The minimum absolute atomic E-state index is 0.0160. The monoisotopic (exact) mass is 369 g/mol. The van der Waals surface area contributed by atoms with Crippen LogP contribution in [0.5, 0.6) is 0 Å². The summed E-state index contributed by atoms with van der Waals surface area (Å²) < 4.78 is 1.74. The first-order valence-electron chi connectivity index (χ1n) is 10.5. The van der Waals surface area contributed by atoms with Crippen molar-refractivity contribution in [3.8, 4) is 0 Å². The van der Waals surface area contributed by atoms with Crippen molar-refractivity contribution in [2.24, 2.45) is 7.05 Å². The number of fused-ring (bicyclic) bond motifs is 1. The number of nitrogens with zero attached hydrogens (tertiary/aromatic N) is 4. The van der Waals surface area contributed by atoms with Crippen LogP contribution >= 0.6 is 0 Å². The van der Waals surface area contributed by atoms with E-state index in [-0.39, 0.29) is 5.91 Å². The molecule has 2 aromatic heterocycles. The Morgan fingerprint density at radius 2 is 1.74 bits per heavy atom. The van der Waals surface area contributed by atoms with Crippen LogP contribution in [0, 0.1) is 0 Å². The summed E-state index contributed by atoms with van der Waals surface area (Å²) in [5.41, 5.74) is 1.30. The quantitative estimate of drug-likeness (QED) is 0.881. The van der Waals surface area contributed by atoms with Gasteiger partial charge in [-0.05, 0) is 37.8 Å². The molecule has 2 aliphatic rings. The highest BCUT2D eigenvalue weighted by molar-refractivity contribution is 6.04. The topological polar surface area (TPSA) is 63.1 Å². The lowest BCUT2D eigenvalue weighted by atomic mass is 9.94. The highest BCUT2D eigenvalue weighted by atomic mass is 16.2. The number of aromatic nitrogens is 3. The predicted octanol–water partition coefficient (Wildman–Crippen LogP) is 4.12. The Hall–Kier alpha value is -2.11. The maximum atomic E-state index is 13.1. The lowest BCUT2D eigenvalue weighted by Gasteiger charge is -2.30. The minimum Gasteiger partial charge on any atom is -0.367 e. The van der Waals surface area contributed by atoms with E-state index in [4.69, 9.17) is 4.98 Å². The molecule has 0 bridgehead atoms. The Labute approximate surface area is 161 Å². The van der Waals surface area contributed by atoms with Crippen LogP contribution in [0.15, 0.2) is 12.1 Å². The second-order valence-electron chi connectivity index (χ2n) is 8.23. The van der Waals surface area contributed by atoms with E-state index in [9.17, 15) is 4.79 Å². The van der Waals surface area contributed by atoms with E-state index in [0.717, 1.165) is 29.7 Å². The lowest BCUT2D eigenvalue weighted by molar-refractivity contribution is 0.0691. The zero-order valence-electron chi connectivity index (χ0n) is 16.6. The van der Waals surface area contributed by atoms with Crippen LogP contribution in [0.25, 0.3) is 11.0 Å². The van der Waals surface area contributed by atoms with E-state index in [1.54, 1.807) is 4.68 Å². The summed E-state index contributed by atoms with van der Waals surface area (Å²) in [5, 5.41) is 8.94. The van der Waals surface area contributed by atoms with Crippen molar-refractivity contribution >= 4 is 22.8 Å². The van der Waals surface area contributed by atoms with Gasteiger partial charge in [0.2, 0.25) is 0 Å². The Balaban J connectivity index is 1.55. The second-order valence-corrected chi connectivity index (χ2v) is 8.23. The van der Waals surface area contributed by atoms with E-state index in [1.165, 1.54) is 51.4 Å². The van der Waals surface area contributed by atoms with Gasteiger partial charge in [-0.15, -0.1) is 0 Å². The van der Waals surface area contributed by atoms with Gasteiger partial charge in [0.25, 0.3) is 5.91 Å². The highest BCUT2D eigenvalue weighted by Gasteiger charge is 2.27. The largest absolute Gasteiger partial charge is 0.367 e. The number of carbonyl (C=O) groups excluding carboxylic acids is 1. The summed E-state index contributed by atoms with van der Waals surface area (Å²) in [7, 11) is 3.79. The van der Waals surface area contributed by atoms with Crippen molar-refractivity contribution in [1.29, 1.82) is 0 Å². The molecule has 27 heavy (non-hydrogen) atoms. The Morgan fingerprint density at radius 3 is 2.44 bits per heavy atom. The molecule has 146 valence electrons. The Kier molecular flexibility index (Phi) is 5.32. The van der Waals surface area contributed by atoms with Gasteiger partial charge in [0.1, 0.15) is 5.82 Å². The molecule has 2 fully saturated rings. The first-order chi connectivity index (χ1) is 13.1. The first-order valence-corrected chi connectivity index (χ1v) is 10.5. The minimum atomic E-state index is 0.0160. The van der Waals surface area contributed by atoms with Crippen LogP contribution in [0.2, 0.25) is 0 Å². The predicted molar refractivity (Wildman–Crippen MR) is 108 cm³/mol. The van der Waals surface area contributed by atoms with Gasteiger partial charge in [0, 0.05) is 26.2 Å². The van der Waals surface area contributed by atoms with Gasteiger partial charge in [-0.25, -0.2) is 9.67 Å². The number of pyridine rings is 1. The smallest absolute Gasteiger partial charge is 0.275 e. The molecule has 0 saturated heterocycles. The number of anilines is 1. The number of rotatable bonds is 4. The van der Waals surface area contributed by atoms with E-state index in [0.29, 0.717) is 17.8 Å². The summed E-state index contributed by atoms with van der Waals surface area (Å²) in [5.74, 6) is 0.902.